The van der Waals surface area contributed by atoms with Crippen molar-refractivity contribution in [2.45, 2.75) is 52.1 Å². The normalized spacial score (nSPS) is 15.8. The minimum Gasteiger partial charge on any atom is -0.467 e. The number of anilines is 1. The van der Waals surface area contributed by atoms with Crippen molar-refractivity contribution < 1.29 is 14.3 Å². The standard InChI is InChI=1S/C29H37N5O4/c1-20(2)27(28(36)38-4)31-26(35)18-22-14-16-32(17-15-22)24-10-12-25(13-11-24)33-19-30-34(29(33)37)21(3)23-8-6-5-7-9-23/h5-13,19-22,27H,14-18H2,1-4H3,(H,31,35). The number of aromatic nitrogens is 3. The largest absolute Gasteiger partial charge is 0.467 e. The summed E-state index contributed by atoms with van der Waals surface area (Å²) in [6.45, 7) is 7.42. The van der Waals surface area contributed by atoms with E-state index in [1.54, 1.807) is 10.9 Å². The molecule has 0 radical (unpaired) electrons. The highest BCUT2D eigenvalue weighted by Crippen LogP contribution is 2.26. The van der Waals surface area contributed by atoms with Gasteiger partial charge in [0.05, 0.1) is 18.8 Å². The van der Waals surface area contributed by atoms with Crippen LogP contribution in [0, 0.1) is 11.8 Å². The molecule has 1 amide bonds. The number of esters is 1. The van der Waals surface area contributed by atoms with Crippen molar-refractivity contribution in [1.29, 1.82) is 0 Å². The predicted octanol–water partition coefficient (Wildman–Crippen LogP) is 3.56. The van der Waals surface area contributed by atoms with Gasteiger partial charge in [-0.3, -0.25) is 4.79 Å². The topological polar surface area (TPSA) is 98.5 Å². The summed E-state index contributed by atoms with van der Waals surface area (Å²) in [5.74, 6) is -0.280. The van der Waals surface area contributed by atoms with E-state index in [1.807, 2.05) is 75.4 Å². The third kappa shape index (κ3) is 6.15. The molecule has 202 valence electrons. The number of piperidine rings is 1. The summed E-state index contributed by atoms with van der Waals surface area (Å²) in [4.78, 5) is 39.8. The average molecular weight is 520 g/mol. The van der Waals surface area contributed by atoms with Gasteiger partial charge in [0.15, 0.2) is 0 Å². The number of hydrogen-bond donors (Lipinski definition) is 1. The maximum absolute atomic E-state index is 13.0. The summed E-state index contributed by atoms with van der Waals surface area (Å²) >= 11 is 0. The molecule has 1 aliphatic heterocycles. The number of hydrogen-bond acceptors (Lipinski definition) is 6. The number of methoxy groups -OCH3 is 1. The third-order valence-corrected chi connectivity index (χ3v) is 7.36. The van der Waals surface area contributed by atoms with Crippen molar-refractivity contribution in [2.75, 3.05) is 25.1 Å². The van der Waals surface area contributed by atoms with Crippen molar-refractivity contribution in [3.05, 3.63) is 77.0 Å². The number of carbonyl (C=O) groups excluding carboxylic acids is 2. The molecule has 0 saturated carbocycles. The molecule has 3 aromatic rings. The second-order valence-corrected chi connectivity index (χ2v) is 10.3. The number of nitrogens with one attached hydrogen (secondary N) is 1. The SMILES string of the molecule is COC(=O)C(NC(=O)CC1CCN(c2ccc(-n3cnn(C(C)c4ccccc4)c3=O)cc2)CC1)C(C)C. The van der Waals surface area contributed by atoms with E-state index in [0.29, 0.717) is 6.42 Å². The van der Waals surface area contributed by atoms with Crippen LogP contribution in [0.3, 0.4) is 0 Å². The van der Waals surface area contributed by atoms with Crippen molar-refractivity contribution in [3.63, 3.8) is 0 Å². The first-order valence-corrected chi connectivity index (χ1v) is 13.2. The summed E-state index contributed by atoms with van der Waals surface area (Å²) in [6, 6.07) is 17.0. The lowest BCUT2D eigenvalue weighted by Gasteiger charge is -2.33. The molecule has 38 heavy (non-hydrogen) atoms. The second-order valence-electron chi connectivity index (χ2n) is 10.3. The van der Waals surface area contributed by atoms with E-state index in [1.165, 1.54) is 11.8 Å². The molecule has 0 spiro atoms. The number of benzene rings is 2. The average Bonchev–Trinajstić information content (AvgIpc) is 3.32. The lowest BCUT2D eigenvalue weighted by Crippen LogP contribution is -2.46. The minimum absolute atomic E-state index is 0.0336. The fraction of sp³-hybridized carbons (Fsp3) is 0.448. The molecule has 1 fully saturated rings. The van der Waals surface area contributed by atoms with E-state index in [-0.39, 0.29) is 29.5 Å². The highest BCUT2D eigenvalue weighted by Gasteiger charge is 2.27. The molecule has 4 rings (SSSR count). The minimum atomic E-state index is -0.618. The number of carbonyl (C=O) groups is 2. The summed E-state index contributed by atoms with van der Waals surface area (Å²) in [6.07, 6.45) is 3.76. The number of ether oxygens (including phenoxy) is 1. The van der Waals surface area contributed by atoms with Gasteiger partial charge in [0.1, 0.15) is 12.4 Å². The van der Waals surface area contributed by atoms with E-state index in [4.69, 9.17) is 4.74 Å². The molecular weight excluding hydrogens is 482 g/mol. The van der Waals surface area contributed by atoms with Gasteiger partial charge in [-0.05, 0) is 61.4 Å². The Hall–Kier alpha value is -3.88. The second kappa shape index (κ2) is 12.1. The van der Waals surface area contributed by atoms with Crippen molar-refractivity contribution in [2.24, 2.45) is 11.8 Å². The van der Waals surface area contributed by atoms with Gasteiger partial charge < -0.3 is 15.0 Å². The molecule has 0 bridgehead atoms. The summed E-state index contributed by atoms with van der Waals surface area (Å²) in [5, 5.41) is 7.19. The zero-order chi connectivity index (χ0) is 27.2. The summed E-state index contributed by atoms with van der Waals surface area (Å²) < 4.78 is 7.88. The quantitative estimate of drug-likeness (QED) is 0.434. The molecule has 1 saturated heterocycles. The summed E-state index contributed by atoms with van der Waals surface area (Å²) in [7, 11) is 1.34. The van der Waals surface area contributed by atoms with Crippen LogP contribution in [0.15, 0.2) is 65.7 Å². The van der Waals surface area contributed by atoms with Crippen LogP contribution in [-0.4, -0.2) is 52.5 Å². The first-order chi connectivity index (χ1) is 18.3. The highest BCUT2D eigenvalue weighted by molar-refractivity contribution is 5.84. The smallest absolute Gasteiger partial charge is 0.350 e. The number of rotatable bonds is 9. The Bertz CT molecular complexity index is 1270. The molecule has 2 heterocycles. The fourth-order valence-electron chi connectivity index (χ4n) is 4.97. The van der Waals surface area contributed by atoms with Gasteiger partial charge in [-0.1, -0.05) is 44.2 Å². The Kier molecular flexibility index (Phi) is 8.66. The molecule has 2 aromatic carbocycles. The van der Waals surface area contributed by atoms with Crippen molar-refractivity contribution in [1.82, 2.24) is 19.7 Å². The predicted molar refractivity (Wildman–Crippen MR) is 146 cm³/mol. The van der Waals surface area contributed by atoms with Gasteiger partial charge >= 0.3 is 11.7 Å². The van der Waals surface area contributed by atoms with E-state index < -0.39 is 12.0 Å². The Labute approximate surface area is 223 Å². The molecule has 2 atom stereocenters. The molecule has 1 N–H and O–H groups in total. The molecular formula is C29H37N5O4. The fourth-order valence-corrected chi connectivity index (χ4v) is 4.97. The molecule has 1 aromatic heterocycles. The van der Waals surface area contributed by atoms with Gasteiger partial charge in [0.25, 0.3) is 0 Å². The van der Waals surface area contributed by atoms with Crippen LogP contribution < -0.4 is 15.9 Å². The van der Waals surface area contributed by atoms with Gasteiger partial charge in [0, 0.05) is 25.2 Å². The molecule has 9 heteroatoms. The van der Waals surface area contributed by atoms with Crippen molar-refractivity contribution in [3.8, 4) is 5.69 Å². The van der Waals surface area contributed by atoms with E-state index in [9.17, 15) is 14.4 Å². The third-order valence-electron chi connectivity index (χ3n) is 7.36. The molecule has 9 nitrogen and oxygen atoms in total. The van der Waals surface area contributed by atoms with Crippen LogP contribution in [0.4, 0.5) is 5.69 Å². The Morgan fingerprint density at radius 2 is 1.63 bits per heavy atom. The molecule has 1 aliphatic rings. The van der Waals surface area contributed by atoms with Crippen LogP contribution in [0.2, 0.25) is 0 Å². The van der Waals surface area contributed by atoms with Crippen LogP contribution in [0.25, 0.3) is 5.69 Å². The van der Waals surface area contributed by atoms with Gasteiger partial charge in [-0.25, -0.2) is 18.8 Å². The number of nitrogens with zero attached hydrogens (tertiary/aromatic N) is 4. The lowest BCUT2D eigenvalue weighted by molar-refractivity contribution is -0.146. The highest BCUT2D eigenvalue weighted by atomic mass is 16.5. The Morgan fingerprint density at radius 3 is 2.24 bits per heavy atom. The first kappa shape index (κ1) is 27.2. The van der Waals surface area contributed by atoms with Gasteiger partial charge in [0.2, 0.25) is 5.91 Å². The Morgan fingerprint density at radius 1 is 1.00 bits per heavy atom. The van der Waals surface area contributed by atoms with Gasteiger partial charge in [-0.15, -0.1) is 0 Å². The molecule has 2 unspecified atom stereocenters. The maximum Gasteiger partial charge on any atom is 0.350 e. The van der Waals surface area contributed by atoms with E-state index in [2.05, 4.69) is 15.3 Å². The van der Waals surface area contributed by atoms with Crippen LogP contribution in [0.1, 0.15) is 51.6 Å². The Balaban J connectivity index is 1.33. The van der Waals surface area contributed by atoms with E-state index in [0.717, 1.165) is 42.9 Å². The zero-order valence-corrected chi connectivity index (χ0v) is 22.5. The van der Waals surface area contributed by atoms with Crippen LogP contribution >= 0.6 is 0 Å². The maximum atomic E-state index is 13.0. The van der Waals surface area contributed by atoms with E-state index >= 15 is 0 Å². The molecule has 0 aliphatic carbocycles. The number of amides is 1. The zero-order valence-electron chi connectivity index (χ0n) is 22.5. The monoisotopic (exact) mass is 519 g/mol. The first-order valence-electron chi connectivity index (χ1n) is 13.2. The van der Waals surface area contributed by atoms with Crippen LogP contribution in [-0.2, 0) is 14.3 Å². The van der Waals surface area contributed by atoms with Crippen LogP contribution in [0.5, 0.6) is 0 Å². The summed E-state index contributed by atoms with van der Waals surface area (Å²) in [5.41, 5.74) is 2.70. The lowest BCUT2D eigenvalue weighted by atomic mass is 9.92. The van der Waals surface area contributed by atoms with Gasteiger partial charge in [-0.2, -0.15) is 5.10 Å². The van der Waals surface area contributed by atoms with Crippen molar-refractivity contribution >= 4 is 17.6 Å².